The molecule has 0 atom stereocenters. The molecule has 0 aliphatic rings. The summed E-state index contributed by atoms with van der Waals surface area (Å²) in [6.45, 7) is 0. The Morgan fingerprint density at radius 2 is 2.10 bits per heavy atom. The molecule has 3 heteroatoms. The van der Waals surface area contributed by atoms with Gasteiger partial charge in [-0.3, -0.25) is 0 Å². The van der Waals surface area contributed by atoms with E-state index in [9.17, 15) is 0 Å². The Labute approximate surface area is 59.6 Å². The number of nitrogens with zero attached hydrogens (tertiary/aromatic N) is 1. The topological polar surface area (TPSA) is 31.4 Å². The van der Waals surface area contributed by atoms with Gasteiger partial charge in [-0.05, 0) is 6.07 Å². The molecule has 0 amide bonds. The van der Waals surface area contributed by atoms with Crippen molar-refractivity contribution in [1.29, 1.82) is 0 Å². The highest BCUT2D eigenvalue weighted by molar-refractivity contribution is 5.21. The lowest BCUT2D eigenvalue weighted by Gasteiger charge is -1.98. The van der Waals surface area contributed by atoms with E-state index >= 15 is 0 Å². The van der Waals surface area contributed by atoms with Gasteiger partial charge in [-0.1, -0.05) is 0 Å². The minimum absolute atomic E-state index is 0.542. The zero-order valence-electron chi connectivity index (χ0n) is 5.92. The second-order valence-corrected chi connectivity index (χ2v) is 1.67. The fourth-order valence-corrected chi connectivity index (χ4v) is 0.559. The molecule has 1 rings (SSSR count). The molecule has 0 fully saturated rings. The molecule has 0 N–H and O–H groups in total. The van der Waals surface area contributed by atoms with Crippen LogP contribution in [0.3, 0.4) is 0 Å². The minimum atomic E-state index is 0.542. The van der Waals surface area contributed by atoms with E-state index in [-0.39, 0.29) is 0 Å². The molecule has 1 heterocycles. The fraction of sp³-hybridized carbons (Fsp3) is 0.286. The SMILES string of the molecule is COc1[c]nc(OC)cc1. The van der Waals surface area contributed by atoms with E-state index in [0.717, 1.165) is 0 Å². The quantitative estimate of drug-likeness (QED) is 0.608. The van der Waals surface area contributed by atoms with Crippen molar-refractivity contribution in [3.8, 4) is 11.6 Å². The zero-order chi connectivity index (χ0) is 7.40. The molecule has 1 aromatic rings. The van der Waals surface area contributed by atoms with Crippen molar-refractivity contribution in [3.05, 3.63) is 18.3 Å². The number of hydrogen-bond acceptors (Lipinski definition) is 3. The van der Waals surface area contributed by atoms with Crippen LogP contribution in [0.4, 0.5) is 0 Å². The van der Waals surface area contributed by atoms with E-state index in [2.05, 4.69) is 11.2 Å². The summed E-state index contributed by atoms with van der Waals surface area (Å²) in [6, 6.07) is 3.46. The van der Waals surface area contributed by atoms with E-state index in [1.165, 1.54) is 0 Å². The van der Waals surface area contributed by atoms with Crippen LogP contribution >= 0.6 is 0 Å². The van der Waals surface area contributed by atoms with Crippen LogP contribution in [0.5, 0.6) is 11.6 Å². The maximum absolute atomic E-state index is 4.84. The molecule has 1 aromatic heterocycles. The summed E-state index contributed by atoms with van der Waals surface area (Å²) < 4.78 is 9.66. The molecule has 1 radical (unpaired) electrons. The summed E-state index contributed by atoms with van der Waals surface area (Å²) in [4.78, 5) is 3.80. The Morgan fingerprint density at radius 3 is 2.50 bits per heavy atom. The van der Waals surface area contributed by atoms with E-state index in [1.807, 2.05) is 0 Å². The lowest BCUT2D eigenvalue weighted by Crippen LogP contribution is -1.88. The molecule has 0 aliphatic carbocycles. The van der Waals surface area contributed by atoms with Crippen LogP contribution in [-0.2, 0) is 0 Å². The molecule has 10 heavy (non-hydrogen) atoms. The number of pyridine rings is 1. The van der Waals surface area contributed by atoms with E-state index in [0.29, 0.717) is 11.6 Å². The smallest absolute Gasteiger partial charge is 0.213 e. The van der Waals surface area contributed by atoms with E-state index in [4.69, 9.17) is 9.47 Å². The van der Waals surface area contributed by atoms with Gasteiger partial charge in [-0.15, -0.1) is 0 Å². The van der Waals surface area contributed by atoms with Crippen LogP contribution in [0.1, 0.15) is 0 Å². The van der Waals surface area contributed by atoms with Crippen LogP contribution in [0, 0.1) is 6.20 Å². The molecule has 3 nitrogen and oxygen atoms in total. The Balaban J connectivity index is 2.80. The molecule has 0 saturated heterocycles. The van der Waals surface area contributed by atoms with Gasteiger partial charge in [0.25, 0.3) is 0 Å². The van der Waals surface area contributed by atoms with Crippen molar-refractivity contribution < 1.29 is 9.47 Å². The van der Waals surface area contributed by atoms with Crippen LogP contribution in [0.2, 0.25) is 0 Å². The summed E-state index contributed by atoms with van der Waals surface area (Å²) in [5.74, 6) is 1.15. The van der Waals surface area contributed by atoms with Gasteiger partial charge >= 0.3 is 0 Å². The van der Waals surface area contributed by atoms with Crippen molar-refractivity contribution in [2.24, 2.45) is 0 Å². The highest BCUT2D eigenvalue weighted by atomic mass is 16.5. The number of hydrogen-bond donors (Lipinski definition) is 0. The minimum Gasteiger partial charge on any atom is -0.494 e. The Hall–Kier alpha value is -1.25. The first-order valence-corrected chi connectivity index (χ1v) is 2.83. The third-order valence-electron chi connectivity index (χ3n) is 1.08. The van der Waals surface area contributed by atoms with Gasteiger partial charge < -0.3 is 9.47 Å². The van der Waals surface area contributed by atoms with Crippen LogP contribution in [-0.4, -0.2) is 19.2 Å². The van der Waals surface area contributed by atoms with Crippen molar-refractivity contribution in [2.75, 3.05) is 14.2 Å². The van der Waals surface area contributed by atoms with Gasteiger partial charge in [0.2, 0.25) is 5.88 Å². The zero-order valence-corrected chi connectivity index (χ0v) is 5.92. The van der Waals surface area contributed by atoms with Crippen LogP contribution < -0.4 is 9.47 Å². The lowest BCUT2D eigenvalue weighted by molar-refractivity contribution is 0.386. The molecule has 0 unspecified atom stereocenters. The van der Waals surface area contributed by atoms with Crippen molar-refractivity contribution >= 4 is 0 Å². The average molecular weight is 138 g/mol. The highest BCUT2D eigenvalue weighted by Crippen LogP contribution is 2.10. The van der Waals surface area contributed by atoms with Gasteiger partial charge in [0.15, 0.2) is 0 Å². The van der Waals surface area contributed by atoms with Crippen molar-refractivity contribution in [3.63, 3.8) is 0 Å². The monoisotopic (exact) mass is 138 g/mol. The van der Waals surface area contributed by atoms with Gasteiger partial charge in [-0.2, -0.15) is 0 Å². The summed E-state index contributed by atoms with van der Waals surface area (Å²) in [6.07, 6.45) is 2.64. The molecule has 0 aliphatic heterocycles. The number of methoxy groups -OCH3 is 2. The number of aromatic nitrogens is 1. The maximum atomic E-state index is 4.84. The number of ether oxygens (including phenoxy) is 2. The Morgan fingerprint density at radius 1 is 1.30 bits per heavy atom. The predicted octanol–water partition coefficient (Wildman–Crippen LogP) is 0.899. The molecule has 53 valence electrons. The van der Waals surface area contributed by atoms with Crippen molar-refractivity contribution in [2.45, 2.75) is 0 Å². The van der Waals surface area contributed by atoms with Gasteiger partial charge in [0.1, 0.15) is 11.9 Å². The summed E-state index contributed by atoms with van der Waals surface area (Å²) >= 11 is 0. The normalized spacial score (nSPS) is 9.00. The van der Waals surface area contributed by atoms with Crippen LogP contribution in [0.15, 0.2) is 12.1 Å². The fourth-order valence-electron chi connectivity index (χ4n) is 0.559. The molecule has 0 saturated carbocycles. The van der Waals surface area contributed by atoms with Gasteiger partial charge in [0.05, 0.1) is 14.2 Å². The second kappa shape index (κ2) is 3.06. The lowest BCUT2D eigenvalue weighted by atomic mass is 10.4. The van der Waals surface area contributed by atoms with Gasteiger partial charge in [0, 0.05) is 6.07 Å². The third kappa shape index (κ3) is 1.37. The standard InChI is InChI=1S/C7H8NO2/c1-9-6-3-4-7(10-2)8-5-6/h3-4H,1-2H3. The first-order valence-electron chi connectivity index (χ1n) is 2.83. The first-order chi connectivity index (χ1) is 4.86. The van der Waals surface area contributed by atoms with E-state index < -0.39 is 0 Å². The summed E-state index contributed by atoms with van der Waals surface area (Å²) in [5.41, 5.74) is 0. The van der Waals surface area contributed by atoms with Crippen LogP contribution in [0.25, 0.3) is 0 Å². The molecular weight excluding hydrogens is 130 g/mol. The largest absolute Gasteiger partial charge is 0.494 e. The van der Waals surface area contributed by atoms with Crippen molar-refractivity contribution in [1.82, 2.24) is 4.98 Å². The maximum Gasteiger partial charge on any atom is 0.213 e. The van der Waals surface area contributed by atoms with Gasteiger partial charge in [-0.25, -0.2) is 4.98 Å². The Bertz CT molecular complexity index is 172. The molecular formula is C7H8NO2. The van der Waals surface area contributed by atoms with E-state index in [1.54, 1.807) is 26.4 Å². The first kappa shape index (κ1) is 6.86. The second-order valence-electron chi connectivity index (χ2n) is 1.67. The molecule has 0 spiro atoms. The third-order valence-corrected chi connectivity index (χ3v) is 1.08. The molecule has 0 bridgehead atoms. The average Bonchev–Trinajstić information content (AvgIpc) is 2.05. The molecule has 0 aromatic carbocycles. The highest BCUT2D eigenvalue weighted by Gasteiger charge is 1.92. The summed E-state index contributed by atoms with van der Waals surface area (Å²) in [5, 5.41) is 0. The number of rotatable bonds is 2. The summed E-state index contributed by atoms with van der Waals surface area (Å²) in [7, 11) is 3.13. The Kier molecular flexibility index (Phi) is 2.10. The predicted molar refractivity (Wildman–Crippen MR) is 36.2 cm³/mol.